The van der Waals surface area contributed by atoms with Crippen LogP contribution in [0.3, 0.4) is 0 Å². The number of hydrogen-bond donors (Lipinski definition) is 2. The van der Waals surface area contributed by atoms with Crippen molar-refractivity contribution in [2.24, 2.45) is 4.99 Å². The molecule has 1 aromatic carbocycles. The predicted octanol–water partition coefficient (Wildman–Crippen LogP) is 2.20. The lowest BCUT2D eigenvalue weighted by atomic mass is 10.1. The summed E-state index contributed by atoms with van der Waals surface area (Å²) in [7, 11) is -3.21. The van der Waals surface area contributed by atoms with Crippen molar-refractivity contribution < 1.29 is 12.9 Å². The summed E-state index contributed by atoms with van der Waals surface area (Å²) < 4.78 is 28.7. The monoisotopic (exact) mass is 378 g/mol. The number of hydrogen-bond acceptors (Lipinski definition) is 5. The van der Waals surface area contributed by atoms with Crippen LogP contribution in [-0.2, 0) is 29.3 Å². The van der Waals surface area contributed by atoms with Gasteiger partial charge in [0.15, 0.2) is 21.6 Å². The van der Waals surface area contributed by atoms with Gasteiger partial charge in [0, 0.05) is 18.9 Å². The van der Waals surface area contributed by atoms with Crippen LogP contribution in [0.5, 0.6) is 0 Å². The highest BCUT2D eigenvalue weighted by Gasteiger charge is 2.11. The van der Waals surface area contributed by atoms with E-state index in [0.29, 0.717) is 23.9 Å². The Kier molecular flexibility index (Phi) is 6.79. The predicted molar refractivity (Wildman–Crippen MR) is 102 cm³/mol. The van der Waals surface area contributed by atoms with E-state index in [-0.39, 0.29) is 0 Å². The van der Waals surface area contributed by atoms with Crippen molar-refractivity contribution in [3.05, 3.63) is 46.8 Å². The van der Waals surface area contributed by atoms with Crippen LogP contribution in [-0.4, -0.2) is 32.3 Å². The smallest absolute Gasteiger partial charge is 0.191 e. The number of aliphatic imine (C=N–C) groups is 1. The zero-order chi connectivity index (χ0) is 19.2. The molecule has 26 heavy (non-hydrogen) atoms. The van der Waals surface area contributed by atoms with Crippen molar-refractivity contribution in [3.8, 4) is 0 Å². The van der Waals surface area contributed by atoms with Crippen LogP contribution in [0.15, 0.2) is 38.7 Å². The molecule has 7 nitrogen and oxygen atoms in total. The first-order valence-electron chi connectivity index (χ1n) is 8.59. The average Bonchev–Trinajstić information content (AvgIpc) is 3.04. The van der Waals surface area contributed by atoms with Gasteiger partial charge < -0.3 is 15.2 Å². The molecule has 2 aromatic rings. The third-order valence-corrected chi connectivity index (χ3v) is 5.06. The lowest BCUT2D eigenvalue weighted by Crippen LogP contribution is -2.36. The van der Waals surface area contributed by atoms with Crippen LogP contribution >= 0.6 is 0 Å². The summed E-state index contributed by atoms with van der Waals surface area (Å²) in [5, 5.41) is 10.3. The maximum atomic E-state index is 11.7. The van der Waals surface area contributed by atoms with Crippen molar-refractivity contribution >= 4 is 15.8 Å². The van der Waals surface area contributed by atoms with Crippen molar-refractivity contribution in [2.45, 2.75) is 45.2 Å². The van der Waals surface area contributed by atoms with Crippen molar-refractivity contribution in [2.75, 3.05) is 12.8 Å². The van der Waals surface area contributed by atoms with Gasteiger partial charge in [-0.3, -0.25) is 0 Å². The Morgan fingerprint density at radius 1 is 1.23 bits per heavy atom. The number of rotatable bonds is 7. The number of benzene rings is 1. The fourth-order valence-corrected chi connectivity index (χ4v) is 3.47. The number of nitrogens with zero attached hydrogens (tertiary/aromatic N) is 2. The summed E-state index contributed by atoms with van der Waals surface area (Å²) >= 11 is 0. The van der Waals surface area contributed by atoms with Gasteiger partial charge in [-0.05, 0) is 37.5 Å². The minimum Gasteiger partial charge on any atom is -0.359 e. The largest absolute Gasteiger partial charge is 0.359 e. The first kappa shape index (κ1) is 20.0. The topological polar surface area (TPSA) is 96.6 Å². The Morgan fingerprint density at radius 3 is 2.58 bits per heavy atom. The molecule has 0 aliphatic heterocycles. The number of aromatic nitrogens is 1. The maximum Gasteiger partial charge on any atom is 0.191 e. The molecule has 0 aliphatic rings. The van der Waals surface area contributed by atoms with E-state index < -0.39 is 9.84 Å². The Morgan fingerprint density at radius 2 is 2.00 bits per heavy atom. The van der Waals surface area contributed by atoms with E-state index in [1.807, 2.05) is 26.0 Å². The highest BCUT2D eigenvalue weighted by Crippen LogP contribution is 2.17. The molecule has 0 saturated carbocycles. The third kappa shape index (κ3) is 5.59. The van der Waals surface area contributed by atoms with Gasteiger partial charge in [-0.15, -0.1) is 0 Å². The highest BCUT2D eigenvalue weighted by atomic mass is 32.2. The standard InChI is InChI=1S/C18H26N4O3S/c1-5-15-10-16(25-22-15)12-21-18(19-6-2)20-11-14-7-8-17(13(3)9-14)26(4,23)24/h7-10H,5-6,11-12H2,1-4H3,(H2,19,20,21). The molecule has 0 bridgehead atoms. The van der Waals surface area contributed by atoms with Gasteiger partial charge in [-0.1, -0.05) is 24.2 Å². The minimum atomic E-state index is -3.21. The zero-order valence-corrected chi connectivity index (χ0v) is 16.5. The van der Waals surface area contributed by atoms with Crippen molar-refractivity contribution in [1.82, 2.24) is 15.8 Å². The first-order valence-corrected chi connectivity index (χ1v) is 10.5. The van der Waals surface area contributed by atoms with Crippen LogP contribution in [0.1, 0.15) is 36.4 Å². The molecular formula is C18H26N4O3S. The van der Waals surface area contributed by atoms with Gasteiger partial charge in [0.1, 0.15) is 0 Å². The van der Waals surface area contributed by atoms with E-state index in [4.69, 9.17) is 4.52 Å². The minimum absolute atomic E-state index is 0.354. The summed E-state index contributed by atoms with van der Waals surface area (Å²) in [6.07, 6.45) is 2.05. The van der Waals surface area contributed by atoms with Crippen LogP contribution in [0.25, 0.3) is 0 Å². The fraction of sp³-hybridized carbons (Fsp3) is 0.444. The molecule has 0 fully saturated rings. The van der Waals surface area contributed by atoms with Gasteiger partial charge >= 0.3 is 0 Å². The summed E-state index contributed by atoms with van der Waals surface area (Å²) in [5.41, 5.74) is 2.59. The zero-order valence-electron chi connectivity index (χ0n) is 15.7. The highest BCUT2D eigenvalue weighted by molar-refractivity contribution is 7.90. The Bertz CT molecular complexity index is 872. The van der Waals surface area contributed by atoms with E-state index in [2.05, 4.69) is 20.8 Å². The Labute approximate surface area is 154 Å². The average molecular weight is 378 g/mol. The lowest BCUT2D eigenvalue weighted by molar-refractivity contribution is 0.374. The van der Waals surface area contributed by atoms with Crippen molar-refractivity contribution in [3.63, 3.8) is 0 Å². The van der Waals surface area contributed by atoms with Crippen molar-refractivity contribution in [1.29, 1.82) is 0 Å². The van der Waals surface area contributed by atoms with Crippen LogP contribution < -0.4 is 10.6 Å². The van der Waals surface area contributed by atoms with Gasteiger partial charge in [0.05, 0.1) is 23.7 Å². The molecule has 2 rings (SSSR count). The molecule has 0 amide bonds. The molecule has 142 valence electrons. The molecule has 1 heterocycles. The van der Waals surface area contributed by atoms with Gasteiger partial charge in [-0.25, -0.2) is 13.4 Å². The van der Waals surface area contributed by atoms with E-state index in [9.17, 15) is 8.42 Å². The summed E-state index contributed by atoms with van der Waals surface area (Å²) in [6, 6.07) is 7.20. The van der Waals surface area contributed by atoms with E-state index >= 15 is 0 Å². The van der Waals surface area contributed by atoms with Crippen LogP contribution in [0.2, 0.25) is 0 Å². The molecule has 0 saturated heterocycles. The van der Waals surface area contributed by atoms with E-state index in [1.165, 1.54) is 6.26 Å². The summed E-state index contributed by atoms with van der Waals surface area (Å²) in [5.74, 6) is 1.41. The summed E-state index contributed by atoms with van der Waals surface area (Å²) in [6.45, 7) is 7.47. The molecule has 1 aromatic heterocycles. The Hall–Kier alpha value is -2.35. The molecular weight excluding hydrogens is 352 g/mol. The maximum absolute atomic E-state index is 11.7. The number of guanidine groups is 1. The molecule has 8 heteroatoms. The number of aryl methyl sites for hydroxylation is 2. The van der Waals surface area contributed by atoms with E-state index in [0.717, 1.165) is 35.5 Å². The second kappa shape index (κ2) is 8.84. The van der Waals surface area contributed by atoms with Crippen LogP contribution in [0, 0.1) is 6.92 Å². The quantitative estimate of drug-likeness (QED) is 0.566. The number of nitrogens with one attached hydrogen (secondary N) is 2. The molecule has 0 radical (unpaired) electrons. The SMILES string of the molecule is CCNC(=NCc1ccc(S(C)(=O)=O)c(C)c1)NCc1cc(CC)no1. The first-order chi connectivity index (χ1) is 12.3. The second-order valence-electron chi connectivity index (χ2n) is 6.06. The van der Waals surface area contributed by atoms with Crippen LogP contribution in [0.4, 0.5) is 0 Å². The normalized spacial score (nSPS) is 12.2. The lowest BCUT2D eigenvalue weighted by Gasteiger charge is -2.10. The molecule has 0 atom stereocenters. The molecule has 2 N–H and O–H groups in total. The third-order valence-electron chi connectivity index (χ3n) is 3.80. The number of sulfone groups is 1. The van der Waals surface area contributed by atoms with Gasteiger partial charge in [0.2, 0.25) is 0 Å². The van der Waals surface area contributed by atoms with Gasteiger partial charge in [-0.2, -0.15) is 0 Å². The molecule has 0 unspecified atom stereocenters. The molecule has 0 aliphatic carbocycles. The second-order valence-corrected chi connectivity index (χ2v) is 8.04. The summed E-state index contributed by atoms with van der Waals surface area (Å²) in [4.78, 5) is 4.90. The van der Waals surface area contributed by atoms with E-state index in [1.54, 1.807) is 19.1 Å². The van der Waals surface area contributed by atoms with Gasteiger partial charge in [0.25, 0.3) is 0 Å². The Balaban J connectivity index is 2.05. The molecule has 0 spiro atoms. The fourth-order valence-electron chi connectivity index (χ4n) is 2.51.